The van der Waals surface area contributed by atoms with E-state index in [1.165, 1.54) is 38.9 Å². The van der Waals surface area contributed by atoms with Gasteiger partial charge in [0.1, 0.15) is 0 Å². The molecule has 0 nitrogen and oxygen atoms in total. The van der Waals surface area contributed by atoms with Crippen molar-refractivity contribution in [1.82, 2.24) is 0 Å². The maximum atomic E-state index is 2.49. The second-order valence-corrected chi connectivity index (χ2v) is 23.6. The molecule has 2 aliphatic carbocycles. The van der Waals surface area contributed by atoms with Gasteiger partial charge in [-0.15, -0.1) is 0 Å². The van der Waals surface area contributed by atoms with Crippen LogP contribution in [0.15, 0.2) is 100 Å². The summed E-state index contributed by atoms with van der Waals surface area (Å²) in [5.74, 6) is 0. The summed E-state index contributed by atoms with van der Waals surface area (Å²) in [6.45, 7) is 9.02. The summed E-state index contributed by atoms with van der Waals surface area (Å²) in [5, 5.41) is 3.17. The number of halogens is 2. The van der Waals surface area contributed by atoms with Crippen molar-refractivity contribution in [2.45, 2.75) is 40.5 Å². The van der Waals surface area contributed by atoms with Crippen LogP contribution in [0.1, 0.15) is 39.8 Å². The SMILES string of the molecule is Cc1ccc([Si](c2ccc(C)cc2)=[Zr+2]([C]2=CC=CC2)[c]2c(C)ccc3c2Cc2cc(C)ccc2-3)cc1.[Cl-].[Cl-]. The Morgan fingerprint density at radius 1 is 0.658 bits per heavy atom. The summed E-state index contributed by atoms with van der Waals surface area (Å²) >= 11 is -2.39. The third-order valence-corrected chi connectivity index (χ3v) is 26.8. The first-order valence-electron chi connectivity index (χ1n) is 13.0. The standard InChI is InChI=1S/C15H13.C14H14Si.C5H5.2ClH.Zr/c1-10-3-5-14-12(7-10)9-13-8-11(2)4-6-15(13)14;1-11-3-7-13(8-4-11)15-14-9-5-12(2)6-10-14;1-2-4-5-3-1;;;/h3-7H,9H2,1-2H3;3-10H,1-2H3;1-3H,4H2;2*1H;/q;;;;;+2/p-2. The molecule has 0 amide bonds. The zero-order chi connectivity index (χ0) is 24.8. The van der Waals surface area contributed by atoms with Gasteiger partial charge >= 0.3 is 225 Å². The number of aryl methyl sites for hydroxylation is 4. The van der Waals surface area contributed by atoms with Crippen LogP contribution in [0, 0.1) is 27.7 Å². The normalized spacial score (nSPS) is 12.4. The average molecular weight is 631 g/mol. The molecule has 190 valence electrons. The molecular weight excluding hydrogens is 599 g/mol. The topological polar surface area (TPSA) is 0 Å². The third kappa shape index (κ3) is 5.39. The smallest absolute Gasteiger partial charge is 1.00 e. The van der Waals surface area contributed by atoms with E-state index in [9.17, 15) is 0 Å². The molecule has 4 heteroatoms. The van der Waals surface area contributed by atoms with Crippen LogP contribution >= 0.6 is 0 Å². The second kappa shape index (κ2) is 12.1. The van der Waals surface area contributed by atoms with Crippen molar-refractivity contribution in [1.29, 1.82) is 0 Å². The molecule has 0 saturated carbocycles. The fourth-order valence-electron chi connectivity index (χ4n) is 5.85. The van der Waals surface area contributed by atoms with Crippen LogP contribution in [-0.4, -0.2) is 5.43 Å². The summed E-state index contributed by atoms with van der Waals surface area (Å²) in [5.41, 5.74) is 10.7. The summed E-state index contributed by atoms with van der Waals surface area (Å²) in [7, 11) is 0. The quantitative estimate of drug-likeness (QED) is 0.253. The zero-order valence-corrected chi connectivity index (χ0v) is 27.4. The molecule has 0 aliphatic heterocycles. The van der Waals surface area contributed by atoms with Crippen LogP contribution in [0.2, 0.25) is 0 Å². The van der Waals surface area contributed by atoms with E-state index in [1.807, 2.05) is 0 Å². The molecule has 38 heavy (non-hydrogen) atoms. The molecule has 2 aliphatic rings. The van der Waals surface area contributed by atoms with Gasteiger partial charge in [0, 0.05) is 0 Å². The number of rotatable bonds is 4. The molecule has 4 aromatic carbocycles. The maximum Gasteiger partial charge on any atom is -1.00 e. The molecule has 0 heterocycles. The Kier molecular flexibility index (Phi) is 9.21. The van der Waals surface area contributed by atoms with E-state index >= 15 is 0 Å². The predicted molar refractivity (Wildman–Crippen MR) is 153 cm³/mol. The minimum Gasteiger partial charge on any atom is -1.00 e. The van der Waals surface area contributed by atoms with Gasteiger partial charge in [0.05, 0.1) is 0 Å². The Hall–Kier alpha value is -1.96. The Bertz CT molecular complexity index is 1550. The molecule has 6 rings (SSSR count). The van der Waals surface area contributed by atoms with Gasteiger partial charge in [0.25, 0.3) is 0 Å². The molecule has 0 fully saturated rings. The van der Waals surface area contributed by atoms with E-state index in [4.69, 9.17) is 0 Å². The van der Waals surface area contributed by atoms with Crippen molar-refractivity contribution in [2.75, 3.05) is 0 Å². The first-order chi connectivity index (χ1) is 17.5. The van der Waals surface area contributed by atoms with Gasteiger partial charge in [-0.2, -0.15) is 0 Å². The van der Waals surface area contributed by atoms with E-state index in [0.29, 0.717) is 0 Å². The Labute approximate surface area is 247 Å². The molecular formula is C34H32Cl2SiZr. The Morgan fingerprint density at radius 2 is 1.24 bits per heavy atom. The van der Waals surface area contributed by atoms with Crippen molar-refractivity contribution in [3.63, 3.8) is 0 Å². The van der Waals surface area contributed by atoms with E-state index in [0.717, 1.165) is 12.8 Å². The number of hydrogen-bond acceptors (Lipinski definition) is 0. The predicted octanol–water partition coefficient (Wildman–Crippen LogP) is 0.393. The van der Waals surface area contributed by atoms with Gasteiger partial charge in [0.2, 0.25) is 0 Å². The molecule has 0 aromatic heterocycles. The molecule has 0 bridgehead atoms. The number of benzene rings is 4. The van der Waals surface area contributed by atoms with Crippen molar-refractivity contribution >= 4 is 19.1 Å². The van der Waals surface area contributed by atoms with Gasteiger partial charge in [-0.05, 0) is 0 Å². The molecule has 0 saturated heterocycles. The molecule has 0 N–H and O–H groups in total. The molecule has 4 aromatic rings. The largest absolute Gasteiger partial charge is 1.00 e. The summed E-state index contributed by atoms with van der Waals surface area (Å²) in [6.07, 6.45) is 9.42. The Balaban J connectivity index is 0.00000168. The van der Waals surface area contributed by atoms with Gasteiger partial charge in [-0.25, -0.2) is 0 Å². The minimum atomic E-state index is -2.39. The van der Waals surface area contributed by atoms with E-state index in [2.05, 4.69) is 125 Å². The molecule has 0 atom stereocenters. The average Bonchev–Trinajstić information content (AvgIpc) is 3.52. The number of fused-ring (bicyclic) bond motifs is 3. The van der Waals surface area contributed by atoms with Gasteiger partial charge in [0.15, 0.2) is 0 Å². The van der Waals surface area contributed by atoms with E-state index in [1.54, 1.807) is 22.5 Å². The maximum absolute atomic E-state index is 2.49. The van der Waals surface area contributed by atoms with Gasteiger partial charge in [-0.1, -0.05) is 0 Å². The zero-order valence-electron chi connectivity index (χ0n) is 22.4. The second-order valence-electron chi connectivity index (χ2n) is 10.4. The van der Waals surface area contributed by atoms with Crippen molar-refractivity contribution in [2.24, 2.45) is 0 Å². The van der Waals surface area contributed by atoms with Crippen LogP contribution in [0.5, 0.6) is 0 Å². The van der Waals surface area contributed by atoms with Crippen LogP contribution < -0.4 is 38.5 Å². The molecule has 0 unspecified atom stereocenters. The monoisotopic (exact) mass is 628 g/mol. The van der Waals surface area contributed by atoms with Crippen molar-refractivity contribution in [3.8, 4) is 11.1 Å². The summed E-state index contributed by atoms with van der Waals surface area (Å²) < 4.78 is 3.53. The van der Waals surface area contributed by atoms with Crippen molar-refractivity contribution in [3.05, 3.63) is 134 Å². The number of hydrogen-bond donors (Lipinski definition) is 0. The Morgan fingerprint density at radius 3 is 1.82 bits per heavy atom. The van der Waals surface area contributed by atoms with Crippen LogP contribution in [0.4, 0.5) is 0 Å². The van der Waals surface area contributed by atoms with Crippen LogP contribution in [0.25, 0.3) is 11.1 Å². The third-order valence-electron chi connectivity index (χ3n) is 7.71. The van der Waals surface area contributed by atoms with Crippen LogP contribution in [-0.2, 0) is 26.8 Å². The van der Waals surface area contributed by atoms with Gasteiger partial charge < -0.3 is 24.8 Å². The molecule has 0 spiro atoms. The minimum absolute atomic E-state index is 0. The van der Waals surface area contributed by atoms with Crippen molar-refractivity contribution < 1.29 is 45.2 Å². The molecule has 0 radical (unpaired) electrons. The van der Waals surface area contributed by atoms with E-state index < -0.39 is 25.8 Å². The van der Waals surface area contributed by atoms with Crippen LogP contribution in [0.3, 0.4) is 0 Å². The first-order valence-corrected chi connectivity index (χ1v) is 20.6. The first kappa shape index (κ1) is 29.0. The van der Waals surface area contributed by atoms with Gasteiger partial charge in [-0.3, -0.25) is 0 Å². The van der Waals surface area contributed by atoms with E-state index in [-0.39, 0.29) is 24.8 Å². The number of allylic oxidation sites excluding steroid dienone is 4. The summed E-state index contributed by atoms with van der Waals surface area (Å²) in [6, 6.07) is 31.0. The fourth-order valence-corrected chi connectivity index (χ4v) is 27.1. The summed E-state index contributed by atoms with van der Waals surface area (Å²) in [4.78, 5) is 0. The fraction of sp³-hybridized carbons (Fsp3) is 0.176.